The number of Topliss-reactive ketones (excluding diaryl/α,β-unsaturated/α-hetero) is 1. The molecule has 0 fully saturated rings. The molecule has 0 aliphatic carbocycles. The van der Waals surface area contributed by atoms with Gasteiger partial charge >= 0.3 is 5.97 Å². The third kappa shape index (κ3) is 6.09. The van der Waals surface area contributed by atoms with Crippen molar-refractivity contribution in [3.8, 4) is 0 Å². The van der Waals surface area contributed by atoms with Crippen LogP contribution in [-0.4, -0.2) is 39.2 Å². The van der Waals surface area contributed by atoms with E-state index in [0.29, 0.717) is 11.3 Å². The molecule has 0 unspecified atom stereocenters. The van der Waals surface area contributed by atoms with E-state index in [4.69, 9.17) is 4.74 Å². The summed E-state index contributed by atoms with van der Waals surface area (Å²) in [4.78, 5) is 35.7. The predicted octanol–water partition coefficient (Wildman–Crippen LogP) is 2.15. The Labute approximate surface area is 168 Å². The summed E-state index contributed by atoms with van der Waals surface area (Å²) in [5.74, 6) is -1.72. The summed E-state index contributed by atoms with van der Waals surface area (Å²) in [6.07, 6.45) is 1.39. The number of sulfonamides is 1. The molecule has 0 spiro atoms. The fourth-order valence-corrected chi connectivity index (χ4v) is 3.39. The Kier molecular flexibility index (Phi) is 7.40. The number of carbonyl (C=O) groups is 3. The number of hydrogen-bond acceptors (Lipinski definition) is 6. The topological polar surface area (TPSA) is 119 Å². The number of esters is 1. The van der Waals surface area contributed by atoms with Crippen LogP contribution < -0.4 is 10.0 Å². The summed E-state index contributed by atoms with van der Waals surface area (Å²) >= 11 is 0. The van der Waals surface area contributed by atoms with Crippen LogP contribution in [0.5, 0.6) is 0 Å². The lowest BCUT2D eigenvalue weighted by Gasteiger charge is -2.10. The summed E-state index contributed by atoms with van der Waals surface area (Å²) in [7, 11) is -3.80. The number of ketones is 1. The molecular weight excluding hydrogens is 396 g/mol. The Morgan fingerprint density at radius 1 is 1.10 bits per heavy atom. The van der Waals surface area contributed by atoms with E-state index in [1.54, 1.807) is 24.3 Å². The quantitative estimate of drug-likeness (QED) is 0.367. The van der Waals surface area contributed by atoms with Crippen LogP contribution in [0.3, 0.4) is 0 Å². The van der Waals surface area contributed by atoms with Crippen LogP contribution in [0.2, 0.25) is 0 Å². The number of hydrogen-bond donors (Lipinski definition) is 2. The zero-order chi connectivity index (χ0) is 21.4. The molecule has 0 saturated carbocycles. The van der Waals surface area contributed by atoms with Crippen LogP contribution in [0.15, 0.2) is 66.1 Å². The summed E-state index contributed by atoms with van der Waals surface area (Å²) in [6, 6.07) is 11.7. The van der Waals surface area contributed by atoms with E-state index in [-0.39, 0.29) is 22.8 Å². The van der Waals surface area contributed by atoms with Crippen LogP contribution in [0.1, 0.15) is 27.6 Å². The second kappa shape index (κ2) is 9.76. The SMILES string of the molecule is C=CCNS(=O)(=O)c1cccc(C(=O)OCC(=O)Nc2ccccc2C(C)=O)c1. The summed E-state index contributed by atoms with van der Waals surface area (Å²) in [5.41, 5.74) is 0.614. The lowest BCUT2D eigenvalue weighted by atomic mass is 10.1. The molecule has 0 radical (unpaired) electrons. The van der Waals surface area contributed by atoms with Crippen molar-refractivity contribution in [2.24, 2.45) is 0 Å². The number of benzene rings is 2. The highest BCUT2D eigenvalue weighted by molar-refractivity contribution is 7.89. The van der Waals surface area contributed by atoms with Gasteiger partial charge in [-0.3, -0.25) is 9.59 Å². The normalized spacial score (nSPS) is 10.8. The van der Waals surface area contributed by atoms with Crippen LogP contribution in [-0.2, 0) is 19.6 Å². The molecule has 0 atom stereocenters. The smallest absolute Gasteiger partial charge is 0.338 e. The molecule has 29 heavy (non-hydrogen) atoms. The van der Waals surface area contributed by atoms with E-state index in [0.717, 1.165) is 6.07 Å². The van der Waals surface area contributed by atoms with Gasteiger partial charge in [0.25, 0.3) is 5.91 Å². The third-order valence-corrected chi connectivity index (χ3v) is 5.13. The Hall–Kier alpha value is -3.30. The third-order valence-electron chi connectivity index (χ3n) is 3.71. The second-order valence-electron chi connectivity index (χ2n) is 5.89. The molecule has 0 heterocycles. The Morgan fingerprint density at radius 3 is 2.52 bits per heavy atom. The lowest BCUT2D eigenvalue weighted by Crippen LogP contribution is -2.24. The molecule has 9 heteroatoms. The van der Waals surface area contributed by atoms with Crippen molar-refractivity contribution in [3.63, 3.8) is 0 Å². The molecule has 0 saturated heterocycles. The minimum atomic E-state index is -3.80. The maximum Gasteiger partial charge on any atom is 0.338 e. The zero-order valence-corrected chi connectivity index (χ0v) is 16.5. The first kappa shape index (κ1) is 22.0. The van der Waals surface area contributed by atoms with Gasteiger partial charge in [0, 0.05) is 12.1 Å². The van der Waals surface area contributed by atoms with Gasteiger partial charge in [-0.25, -0.2) is 17.9 Å². The molecule has 0 aliphatic rings. The van der Waals surface area contributed by atoms with E-state index in [1.807, 2.05) is 0 Å². The molecule has 8 nitrogen and oxygen atoms in total. The maximum absolute atomic E-state index is 12.2. The van der Waals surface area contributed by atoms with Crippen molar-refractivity contribution in [2.75, 3.05) is 18.5 Å². The van der Waals surface area contributed by atoms with E-state index in [9.17, 15) is 22.8 Å². The van der Waals surface area contributed by atoms with E-state index < -0.39 is 28.5 Å². The highest BCUT2D eigenvalue weighted by atomic mass is 32.2. The van der Waals surface area contributed by atoms with Gasteiger partial charge in [-0.2, -0.15) is 0 Å². The van der Waals surface area contributed by atoms with E-state index in [2.05, 4.69) is 16.6 Å². The highest BCUT2D eigenvalue weighted by Crippen LogP contribution is 2.16. The van der Waals surface area contributed by atoms with Gasteiger partial charge in [0.05, 0.1) is 16.1 Å². The summed E-state index contributed by atoms with van der Waals surface area (Å²) in [6.45, 7) is 4.24. The van der Waals surface area contributed by atoms with Gasteiger partial charge in [0.15, 0.2) is 12.4 Å². The molecule has 2 N–H and O–H groups in total. The monoisotopic (exact) mass is 416 g/mol. The minimum absolute atomic E-state index is 0.0246. The Bertz CT molecular complexity index is 1050. The van der Waals surface area contributed by atoms with Crippen molar-refractivity contribution in [2.45, 2.75) is 11.8 Å². The average Bonchev–Trinajstić information content (AvgIpc) is 2.71. The zero-order valence-electron chi connectivity index (χ0n) is 15.7. The average molecular weight is 416 g/mol. The van der Waals surface area contributed by atoms with Crippen molar-refractivity contribution in [1.82, 2.24) is 4.72 Å². The van der Waals surface area contributed by atoms with Gasteiger partial charge in [0.2, 0.25) is 10.0 Å². The number of ether oxygens (including phenoxy) is 1. The molecule has 0 aliphatic heterocycles. The fourth-order valence-electron chi connectivity index (χ4n) is 2.34. The molecule has 0 bridgehead atoms. The largest absolute Gasteiger partial charge is 0.452 e. The van der Waals surface area contributed by atoms with Crippen molar-refractivity contribution in [1.29, 1.82) is 0 Å². The summed E-state index contributed by atoms with van der Waals surface area (Å²) < 4.78 is 31.5. The first-order valence-electron chi connectivity index (χ1n) is 8.52. The van der Waals surface area contributed by atoms with Gasteiger partial charge < -0.3 is 10.1 Å². The highest BCUT2D eigenvalue weighted by Gasteiger charge is 2.17. The van der Waals surface area contributed by atoms with Crippen molar-refractivity contribution < 1.29 is 27.5 Å². The number of carbonyl (C=O) groups excluding carboxylic acids is 3. The number of para-hydroxylation sites is 1. The Morgan fingerprint density at radius 2 is 1.83 bits per heavy atom. The fraction of sp³-hybridized carbons (Fsp3) is 0.150. The number of amides is 1. The van der Waals surface area contributed by atoms with Crippen LogP contribution in [0.4, 0.5) is 5.69 Å². The number of nitrogens with one attached hydrogen (secondary N) is 2. The summed E-state index contributed by atoms with van der Waals surface area (Å²) in [5, 5.41) is 2.51. The second-order valence-corrected chi connectivity index (χ2v) is 7.66. The van der Waals surface area contributed by atoms with Gasteiger partial charge in [-0.15, -0.1) is 6.58 Å². The van der Waals surface area contributed by atoms with E-state index in [1.165, 1.54) is 31.2 Å². The first-order valence-corrected chi connectivity index (χ1v) is 10.0. The van der Waals surface area contributed by atoms with Crippen molar-refractivity contribution >= 4 is 33.4 Å². The van der Waals surface area contributed by atoms with Gasteiger partial charge in [-0.05, 0) is 37.3 Å². The molecule has 2 aromatic rings. The standard InChI is InChI=1S/C20H20N2O6S/c1-3-11-21-29(26,27)16-8-6-7-15(12-16)20(25)28-13-19(24)22-18-10-5-4-9-17(18)14(2)23/h3-10,12,21H,1,11,13H2,2H3,(H,22,24). The van der Waals surface area contributed by atoms with Crippen molar-refractivity contribution in [3.05, 3.63) is 72.3 Å². The molecular formula is C20H20N2O6S. The van der Waals surface area contributed by atoms with Crippen LogP contribution in [0.25, 0.3) is 0 Å². The number of rotatable bonds is 9. The Balaban J connectivity index is 2.03. The molecule has 0 aromatic heterocycles. The van der Waals surface area contributed by atoms with E-state index >= 15 is 0 Å². The minimum Gasteiger partial charge on any atom is -0.452 e. The molecule has 2 rings (SSSR count). The van der Waals surface area contributed by atoms with Crippen LogP contribution >= 0.6 is 0 Å². The van der Waals surface area contributed by atoms with Crippen LogP contribution in [0, 0.1) is 0 Å². The molecule has 152 valence electrons. The van der Waals surface area contributed by atoms with Gasteiger partial charge in [-0.1, -0.05) is 24.3 Å². The predicted molar refractivity (Wildman–Crippen MR) is 107 cm³/mol. The number of anilines is 1. The maximum atomic E-state index is 12.2. The first-order chi connectivity index (χ1) is 13.7. The molecule has 1 amide bonds. The molecule has 2 aromatic carbocycles. The van der Waals surface area contributed by atoms with Gasteiger partial charge in [0.1, 0.15) is 0 Å². The lowest BCUT2D eigenvalue weighted by molar-refractivity contribution is -0.119.